The summed E-state index contributed by atoms with van der Waals surface area (Å²) in [6.07, 6.45) is 6.44. The summed E-state index contributed by atoms with van der Waals surface area (Å²) in [5, 5.41) is 14.8. The molecule has 0 saturated heterocycles. The fraction of sp³-hybridized carbons (Fsp3) is 0.194. The first-order valence-electron chi connectivity index (χ1n) is 14.4. The maximum absolute atomic E-state index is 16.1. The smallest absolute Gasteiger partial charge is 0.285 e. The monoisotopic (exact) mass is 644 g/mol. The van der Waals surface area contributed by atoms with Crippen molar-refractivity contribution in [1.82, 2.24) is 39.1 Å². The van der Waals surface area contributed by atoms with E-state index in [1.165, 1.54) is 12.3 Å². The summed E-state index contributed by atoms with van der Waals surface area (Å²) >= 11 is 0. The number of alkyl halides is 2. The average molecular weight is 645 g/mol. The Morgan fingerprint density at radius 2 is 1.81 bits per heavy atom. The molecule has 12 nitrogen and oxygen atoms in total. The van der Waals surface area contributed by atoms with Gasteiger partial charge in [-0.15, -0.1) is 0 Å². The highest BCUT2D eigenvalue weighted by molar-refractivity contribution is 6.04. The predicted octanol–water partition coefficient (Wildman–Crippen LogP) is 4.96. The Kier molecular flexibility index (Phi) is 7.46. The quantitative estimate of drug-likeness (QED) is 0.231. The molecule has 0 unspecified atom stereocenters. The molecular weight excluding hydrogens is 620 g/mol. The molecule has 1 aromatic carbocycles. The van der Waals surface area contributed by atoms with Crippen molar-refractivity contribution in [3.05, 3.63) is 118 Å². The lowest BCUT2D eigenvalue weighted by molar-refractivity contribution is 0.102. The van der Waals surface area contributed by atoms with E-state index in [1.54, 1.807) is 32.6 Å². The van der Waals surface area contributed by atoms with Crippen LogP contribution in [0.4, 0.5) is 34.8 Å². The molecule has 1 aliphatic carbocycles. The van der Waals surface area contributed by atoms with Crippen LogP contribution in [0.1, 0.15) is 46.8 Å². The van der Waals surface area contributed by atoms with E-state index in [2.05, 4.69) is 30.6 Å². The summed E-state index contributed by atoms with van der Waals surface area (Å²) in [6.45, 7) is 0. The fourth-order valence-electron chi connectivity index (χ4n) is 5.69. The maximum Gasteiger partial charge on any atom is 0.285 e. The lowest BCUT2D eigenvalue weighted by atomic mass is 9.77. The van der Waals surface area contributed by atoms with Crippen molar-refractivity contribution in [2.24, 2.45) is 7.05 Å². The minimum atomic E-state index is -3.13. The van der Waals surface area contributed by atoms with Gasteiger partial charge in [0.15, 0.2) is 11.6 Å². The van der Waals surface area contributed by atoms with Gasteiger partial charge < -0.3 is 10.2 Å². The van der Waals surface area contributed by atoms with E-state index < -0.39 is 46.3 Å². The second-order valence-corrected chi connectivity index (χ2v) is 11.0. The van der Waals surface area contributed by atoms with Crippen LogP contribution >= 0.6 is 0 Å². The van der Waals surface area contributed by atoms with Crippen molar-refractivity contribution < 1.29 is 22.4 Å². The number of anilines is 3. The Hall–Kier alpha value is -5.93. The van der Waals surface area contributed by atoms with Gasteiger partial charge in [-0.05, 0) is 49.2 Å². The summed E-state index contributed by atoms with van der Waals surface area (Å²) in [6, 6.07) is 8.37. The number of aromatic nitrogens is 8. The van der Waals surface area contributed by atoms with Crippen LogP contribution in [0.25, 0.3) is 11.3 Å². The molecule has 0 radical (unpaired) electrons. The number of hydrogen-bond donors (Lipinski definition) is 1. The number of nitrogens with one attached hydrogen (secondary N) is 1. The van der Waals surface area contributed by atoms with Crippen molar-refractivity contribution in [2.45, 2.75) is 31.2 Å². The lowest BCUT2D eigenvalue weighted by Crippen LogP contribution is -2.42. The normalized spacial score (nSPS) is 16.0. The number of rotatable bonds is 8. The summed E-state index contributed by atoms with van der Waals surface area (Å²) < 4.78 is 62.6. The SMILES string of the molecule is Cn1ccc(C2CC(N(c3cc(C(F)F)c(NC(=O)c4ccnn(-c5ccc(F)cn5)c4=O)cc3F)c3nccn4nccc34)C2)n1. The highest BCUT2D eigenvalue weighted by Gasteiger charge is 2.39. The van der Waals surface area contributed by atoms with Gasteiger partial charge >= 0.3 is 0 Å². The first-order valence-corrected chi connectivity index (χ1v) is 14.4. The van der Waals surface area contributed by atoms with Crippen LogP contribution in [-0.2, 0) is 7.05 Å². The molecule has 1 fully saturated rings. The number of fused-ring (bicyclic) bond motifs is 1. The number of halogens is 4. The summed E-state index contributed by atoms with van der Waals surface area (Å²) in [5.74, 6) is -2.32. The van der Waals surface area contributed by atoms with Gasteiger partial charge in [-0.25, -0.2) is 32.0 Å². The molecule has 5 aromatic heterocycles. The van der Waals surface area contributed by atoms with Crippen molar-refractivity contribution in [3.8, 4) is 5.82 Å². The molecule has 1 aliphatic rings. The molecule has 7 rings (SSSR count). The molecule has 1 amide bonds. The Balaban J connectivity index is 1.25. The molecule has 0 bridgehead atoms. The third-order valence-corrected chi connectivity index (χ3v) is 8.04. The average Bonchev–Trinajstić information content (AvgIpc) is 3.69. The van der Waals surface area contributed by atoms with Gasteiger partial charge in [0.05, 0.1) is 29.5 Å². The van der Waals surface area contributed by atoms with Crippen LogP contribution in [-0.4, -0.2) is 51.1 Å². The molecule has 0 aliphatic heterocycles. The summed E-state index contributed by atoms with van der Waals surface area (Å²) in [5.41, 5.74) is -1.38. The number of carbonyl (C=O) groups excluding carboxylic acids is 1. The van der Waals surface area contributed by atoms with Gasteiger partial charge in [0.1, 0.15) is 22.7 Å². The molecule has 47 heavy (non-hydrogen) atoms. The van der Waals surface area contributed by atoms with E-state index in [0.717, 1.165) is 47.0 Å². The van der Waals surface area contributed by atoms with Crippen molar-refractivity contribution in [3.63, 3.8) is 0 Å². The zero-order valence-corrected chi connectivity index (χ0v) is 24.5. The van der Waals surface area contributed by atoms with E-state index in [1.807, 2.05) is 19.3 Å². The molecule has 238 valence electrons. The van der Waals surface area contributed by atoms with Crippen LogP contribution in [0.3, 0.4) is 0 Å². The molecule has 16 heteroatoms. The first kappa shape index (κ1) is 29.8. The van der Waals surface area contributed by atoms with Crippen LogP contribution < -0.4 is 15.8 Å². The van der Waals surface area contributed by atoms with Crippen molar-refractivity contribution >= 4 is 28.6 Å². The Morgan fingerprint density at radius 3 is 2.53 bits per heavy atom. The number of carbonyl (C=O) groups is 1. The molecule has 1 N–H and O–H groups in total. The molecule has 1 saturated carbocycles. The highest BCUT2D eigenvalue weighted by atomic mass is 19.3. The summed E-state index contributed by atoms with van der Waals surface area (Å²) in [4.78, 5) is 36.1. The third kappa shape index (κ3) is 5.47. The standard InChI is InChI=1S/C31H24F4N10O2/c1-42-10-6-23(41-42)17-12-19(13-17)44(29-25-5-8-38-43(25)11-9-36-29)26-14-21(28(34)35)24(15-22(26)33)40-30(46)20-4-7-39-45(31(20)47)27-3-2-18(32)16-37-27/h2-11,14-17,19,28H,12-13H2,1H3,(H,40,46). The van der Waals surface area contributed by atoms with Gasteiger partial charge in [-0.3, -0.25) is 14.3 Å². The molecule has 5 heterocycles. The minimum Gasteiger partial charge on any atom is -0.321 e. The number of aryl methyl sites for hydroxylation is 1. The zero-order chi connectivity index (χ0) is 32.8. The van der Waals surface area contributed by atoms with Gasteiger partial charge in [0.2, 0.25) is 0 Å². The van der Waals surface area contributed by atoms with Crippen molar-refractivity contribution in [1.29, 1.82) is 0 Å². The van der Waals surface area contributed by atoms with E-state index in [0.29, 0.717) is 24.2 Å². The van der Waals surface area contributed by atoms with Crippen molar-refractivity contribution in [2.75, 3.05) is 10.2 Å². The third-order valence-electron chi connectivity index (χ3n) is 8.04. The number of hydrogen-bond acceptors (Lipinski definition) is 8. The van der Waals surface area contributed by atoms with Gasteiger partial charge in [0, 0.05) is 55.4 Å². The Labute approximate surface area is 262 Å². The van der Waals surface area contributed by atoms with Crippen LogP contribution in [0.5, 0.6) is 0 Å². The number of amides is 1. The van der Waals surface area contributed by atoms with E-state index in [9.17, 15) is 22.8 Å². The number of nitrogens with zero attached hydrogens (tertiary/aromatic N) is 9. The molecule has 6 aromatic rings. The van der Waals surface area contributed by atoms with E-state index >= 15 is 4.39 Å². The van der Waals surface area contributed by atoms with Crippen LogP contribution in [0.2, 0.25) is 0 Å². The van der Waals surface area contributed by atoms with E-state index in [4.69, 9.17) is 0 Å². The largest absolute Gasteiger partial charge is 0.321 e. The molecular formula is C31H24F4N10O2. The number of benzene rings is 1. The van der Waals surface area contributed by atoms with Crippen LogP contribution in [0.15, 0.2) is 84.4 Å². The first-order chi connectivity index (χ1) is 22.7. The Bertz CT molecular complexity index is 2170. The predicted molar refractivity (Wildman–Crippen MR) is 161 cm³/mol. The zero-order valence-electron chi connectivity index (χ0n) is 24.5. The second kappa shape index (κ2) is 11.8. The van der Waals surface area contributed by atoms with Gasteiger partial charge in [0.25, 0.3) is 17.9 Å². The Morgan fingerprint density at radius 1 is 1.00 bits per heavy atom. The number of pyridine rings is 1. The minimum absolute atomic E-state index is 0.0686. The second-order valence-electron chi connectivity index (χ2n) is 11.0. The van der Waals surface area contributed by atoms with Gasteiger partial charge in [-0.1, -0.05) is 0 Å². The van der Waals surface area contributed by atoms with Gasteiger partial charge in [-0.2, -0.15) is 20.0 Å². The summed E-state index contributed by atoms with van der Waals surface area (Å²) in [7, 11) is 1.81. The molecule has 0 atom stereocenters. The van der Waals surface area contributed by atoms with Crippen LogP contribution in [0, 0.1) is 11.6 Å². The maximum atomic E-state index is 16.1. The van der Waals surface area contributed by atoms with E-state index in [-0.39, 0.29) is 23.5 Å². The molecule has 0 spiro atoms. The highest BCUT2D eigenvalue weighted by Crippen LogP contribution is 2.46. The lowest BCUT2D eigenvalue weighted by Gasteiger charge is -2.43. The topological polar surface area (TPSA) is 128 Å². The fourth-order valence-corrected chi connectivity index (χ4v) is 5.69.